The Morgan fingerprint density at radius 3 is 2.56 bits per heavy atom. The fourth-order valence-corrected chi connectivity index (χ4v) is 2.86. The average Bonchev–Trinajstić information content (AvgIpc) is 2.35. The van der Waals surface area contributed by atoms with E-state index in [2.05, 4.69) is 21.2 Å². The number of alkyl halides is 2. The lowest BCUT2D eigenvalue weighted by molar-refractivity contribution is 0.0178. The van der Waals surface area contributed by atoms with Gasteiger partial charge in [0.05, 0.1) is 6.04 Å². The van der Waals surface area contributed by atoms with Crippen LogP contribution in [-0.2, 0) is 0 Å². The molecule has 1 heterocycles. The van der Waals surface area contributed by atoms with Crippen molar-refractivity contribution in [3.05, 3.63) is 33.3 Å². The molecule has 6 heteroatoms. The van der Waals surface area contributed by atoms with Gasteiger partial charge in [-0.1, -0.05) is 27.5 Å². The number of benzene rings is 1. The highest BCUT2D eigenvalue weighted by Crippen LogP contribution is 2.34. The Kier molecular flexibility index (Phi) is 4.95. The predicted octanol–water partition coefficient (Wildman–Crippen LogP) is 3.31. The molecule has 0 aliphatic carbocycles. The maximum atomic E-state index is 13.4. The summed E-state index contributed by atoms with van der Waals surface area (Å²) >= 11 is 9.24. The van der Waals surface area contributed by atoms with E-state index in [0.717, 1.165) is 13.1 Å². The van der Waals surface area contributed by atoms with E-state index in [-0.39, 0.29) is 0 Å². The van der Waals surface area contributed by atoms with Gasteiger partial charge in [0.1, 0.15) is 0 Å². The molecule has 2 nitrogen and oxygen atoms in total. The number of piperazine rings is 1. The Balaban J connectivity index is 2.31. The summed E-state index contributed by atoms with van der Waals surface area (Å²) in [6.45, 7) is 2.71. The van der Waals surface area contributed by atoms with Gasteiger partial charge in [-0.25, -0.2) is 8.78 Å². The van der Waals surface area contributed by atoms with E-state index >= 15 is 0 Å². The second-order valence-electron chi connectivity index (χ2n) is 4.23. The predicted molar refractivity (Wildman–Crippen MR) is 72.3 cm³/mol. The molecule has 0 radical (unpaired) electrons. The zero-order chi connectivity index (χ0) is 13.1. The molecule has 1 saturated heterocycles. The summed E-state index contributed by atoms with van der Waals surface area (Å²) in [5.74, 6) is 0. The Labute approximate surface area is 118 Å². The van der Waals surface area contributed by atoms with Crippen molar-refractivity contribution in [3.63, 3.8) is 0 Å². The molecule has 1 aliphatic heterocycles. The smallest absolute Gasteiger partial charge is 0.258 e. The first kappa shape index (κ1) is 14.2. The van der Waals surface area contributed by atoms with Crippen molar-refractivity contribution >= 4 is 27.5 Å². The van der Waals surface area contributed by atoms with Crippen LogP contribution >= 0.6 is 27.5 Å². The maximum Gasteiger partial charge on any atom is 0.258 e. The van der Waals surface area contributed by atoms with Gasteiger partial charge in [-0.05, 0) is 23.8 Å². The molecule has 0 unspecified atom stereocenters. The molecule has 0 amide bonds. The van der Waals surface area contributed by atoms with Crippen molar-refractivity contribution in [2.45, 2.75) is 12.5 Å². The number of hydrogen-bond acceptors (Lipinski definition) is 2. The van der Waals surface area contributed by atoms with Crippen molar-refractivity contribution in [2.75, 3.05) is 26.2 Å². The lowest BCUT2D eigenvalue weighted by atomic mass is 10.0. The Bertz CT molecular complexity index is 411. The van der Waals surface area contributed by atoms with Crippen LogP contribution in [0.1, 0.15) is 11.6 Å². The molecule has 100 valence electrons. The third kappa shape index (κ3) is 3.20. The van der Waals surface area contributed by atoms with E-state index in [9.17, 15) is 8.78 Å². The topological polar surface area (TPSA) is 15.3 Å². The first-order valence-corrected chi connectivity index (χ1v) is 6.94. The lowest BCUT2D eigenvalue weighted by Crippen LogP contribution is -2.47. The highest BCUT2D eigenvalue weighted by Gasteiger charge is 2.31. The average molecular weight is 340 g/mol. The highest BCUT2D eigenvalue weighted by atomic mass is 79.9. The van der Waals surface area contributed by atoms with Crippen LogP contribution in [0.5, 0.6) is 0 Å². The first-order chi connectivity index (χ1) is 8.59. The fraction of sp³-hybridized carbons (Fsp3) is 0.500. The molecule has 0 spiro atoms. The van der Waals surface area contributed by atoms with Gasteiger partial charge in [-0.3, -0.25) is 4.90 Å². The molecule has 18 heavy (non-hydrogen) atoms. The van der Waals surface area contributed by atoms with Crippen LogP contribution in [0.4, 0.5) is 8.78 Å². The zero-order valence-corrected chi connectivity index (χ0v) is 12.0. The minimum Gasteiger partial charge on any atom is -0.314 e. The molecule has 2 rings (SSSR count). The number of nitrogens with zero attached hydrogens (tertiary/aromatic N) is 1. The lowest BCUT2D eigenvalue weighted by Gasteiger charge is -2.35. The van der Waals surface area contributed by atoms with Crippen LogP contribution in [0.3, 0.4) is 0 Å². The third-order valence-corrected chi connectivity index (χ3v) is 4.02. The van der Waals surface area contributed by atoms with E-state index in [1.807, 2.05) is 0 Å². The second kappa shape index (κ2) is 6.28. The van der Waals surface area contributed by atoms with Crippen molar-refractivity contribution in [1.82, 2.24) is 10.2 Å². The van der Waals surface area contributed by atoms with E-state index < -0.39 is 12.5 Å². The molecule has 0 bridgehead atoms. The van der Waals surface area contributed by atoms with Gasteiger partial charge in [0.15, 0.2) is 0 Å². The first-order valence-electron chi connectivity index (χ1n) is 5.77. The standard InChI is InChI=1S/C12H14BrClF2N2/c13-10-2-1-8(14)7-9(10)11(12(15)16)18-5-3-17-4-6-18/h1-2,7,11-12,17H,3-6H2/t11-/m0/s1. The Morgan fingerprint density at radius 1 is 1.28 bits per heavy atom. The molecule has 1 aromatic carbocycles. The SMILES string of the molecule is FC(F)[C@H](c1cc(Cl)ccc1Br)N1CCNCC1. The van der Waals surface area contributed by atoms with Crippen molar-refractivity contribution in [2.24, 2.45) is 0 Å². The largest absolute Gasteiger partial charge is 0.314 e. The number of rotatable bonds is 3. The van der Waals surface area contributed by atoms with Gasteiger partial charge in [0.25, 0.3) is 6.43 Å². The summed E-state index contributed by atoms with van der Waals surface area (Å²) in [4.78, 5) is 1.80. The highest BCUT2D eigenvalue weighted by molar-refractivity contribution is 9.10. The molecule has 1 aromatic rings. The zero-order valence-electron chi connectivity index (χ0n) is 9.67. The maximum absolute atomic E-state index is 13.4. The van der Waals surface area contributed by atoms with E-state index in [1.165, 1.54) is 0 Å². The molecule has 0 saturated carbocycles. The molecule has 1 atom stereocenters. The molecule has 1 aliphatic rings. The van der Waals surface area contributed by atoms with Crippen LogP contribution in [0.25, 0.3) is 0 Å². The van der Waals surface area contributed by atoms with Crippen LogP contribution in [0, 0.1) is 0 Å². The van der Waals surface area contributed by atoms with Gasteiger partial charge in [0.2, 0.25) is 0 Å². The number of hydrogen-bond donors (Lipinski definition) is 1. The van der Waals surface area contributed by atoms with Gasteiger partial charge < -0.3 is 5.32 Å². The molecule has 0 aromatic heterocycles. The minimum absolute atomic E-state index is 0.481. The molecular weight excluding hydrogens is 325 g/mol. The van der Waals surface area contributed by atoms with Crippen LogP contribution in [0.2, 0.25) is 5.02 Å². The third-order valence-electron chi connectivity index (χ3n) is 3.06. The normalized spacial score (nSPS) is 19.2. The Hall–Kier alpha value is -0.230. The van der Waals surface area contributed by atoms with E-state index in [1.54, 1.807) is 23.1 Å². The van der Waals surface area contributed by atoms with E-state index in [0.29, 0.717) is 28.1 Å². The fourth-order valence-electron chi connectivity index (χ4n) is 2.19. The summed E-state index contributed by atoms with van der Waals surface area (Å²) in [6.07, 6.45) is -2.43. The molecule has 1 fully saturated rings. The number of halogens is 4. The van der Waals surface area contributed by atoms with Gasteiger partial charge >= 0.3 is 0 Å². The van der Waals surface area contributed by atoms with E-state index in [4.69, 9.17) is 11.6 Å². The van der Waals surface area contributed by atoms with Gasteiger partial charge in [0, 0.05) is 35.7 Å². The minimum atomic E-state index is -2.43. The van der Waals surface area contributed by atoms with Crippen molar-refractivity contribution in [3.8, 4) is 0 Å². The summed E-state index contributed by atoms with van der Waals surface area (Å²) in [5.41, 5.74) is 0.555. The Morgan fingerprint density at radius 2 is 1.94 bits per heavy atom. The van der Waals surface area contributed by atoms with Crippen molar-refractivity contribution < 1.29 is 8.78 Å². The summed E-state index contributed by atoms with van der Waals surface area (Å²) < 4.78 is 27.4. The summed E-state index contributed by atoms with van der Waals surface area (Å²) in [5, 5.41) is 3.64. The molecular formula is C12H14BrClF2N2. The van der Waals surface area contributed by atoms with Gasteiger partial charge in [-0.15, -0.1) is 0 Å². The van der Waals surface area contributed by atoms with Crippen LogP contribution in [0.15, 0.2) is 22.7 Å². The summed E-state index contributed by atoms with van der Waals surface area (Å²) in [7, 11) is 0. The van der Waals surface area contributed by atoms with Crippen molar-refractivity contribution in [1.29, 1.82) is 0 Å². The molecule has 1 N–H and O–H groups in total. The van der Waals surface area contributed by atoms with Crippen LogP contribution in [-0.4, -0.2) is 37.5 Å². The van der Waals surface area contributed by atoms with Crippen LogP contribution < -0.4 is 5.32 Å². The van der Waals surface area contributed by atoms with Gasteiger partial charge in [-0.2, -0.15) is 0 Å². The summed E-state index contributed by atoms with van der Waals surface area (Å²) in [6, 6.07) is 4.12. The quantitative estimate of drug-likeness (QED) is 0.909. The second-order valence-corrected chi connectivity index (χ2v) is 5.52. The number of nitrogens with one attached hydrogen (secondary N) is 1. The monoisotopic (exact) mass is 338 g/mol.